The number of carbonyl (C=O) groups excluding carboxylic acids is 3. The van der Waals surface area contributed by atoms with E-state index in [0.717, 1.165) is 44.9 Å². The van der Waals surface area contributed by atoms with Crippen LogP contribution in [0, 0.1) is 0 Å². The molecule has 0 fully saturated rings. The van der Waals surface area contributed by atoms with Crippen molar-refractivity contribution in [3.63, 3.8) is 0 Å². The summed E-state index contributed by atoms with van der Waals surface area (Å²) >= 11 is 0. The van der Waals surface area contributed by atoms with Crippen molar-refractivity contribution in [1.82, 2.24) is 20.0 Å². The molecule has 0 aliphatic rings. The third-order valence-electron chi connectivity index (χ3n) is 6.33. The molecule has 2 aromatic heterocycles. The van der Waals surface area contributed by atoms with Gasteiger partial charge in [-0.25, -0.2) is 9.78 Å². The standard InChI is InChI=1S/C28H44N4O4/c1-4-6-8-10-11-12-13-15-26(33)31-24(27(34)29-17-14-9-7-5-2)20-23-21-32-18-16-22(28(35)36-3)19-25(32)30-23/h16,18-19,21,24H,4-15,17,20H2,1-3H3,(H,29,34)(H,31,33)/t24-/m0/s1. The average Bonchev–Trinajstić information content (AvgIpc) is 3.28. The first-order valence-corrected chi connectivity index (χ1v) is 13.6. The first-order chi connectivity index (χ1) is 17.5. The molecule has 2 N–H and O–H groups in total. The molecule has 2 aromatic rings. The van der Waals surface area contributed by atoms with Crippen molar-refractivity contribution < 1.29 is 19.1 Å². The van der Waals surface area contributed by atoms with Gasteiger partial charge in [-0.05, 0) is 25.0 Å². The van der Waals surface area contributed by atoms with E-state index in [2.05, 4.69) is 29.5 Å². The molecular weight excluding hydrogens is 456 g/mol. The Morgan fingerprint density at radius 3 is 2.33 bits per heavy atom. The number of esters is 1. The number of aromatic nitrogens is 2. The Balaban J connectivity index is 1.98. The highest BCUT2D eigenvalue weighted by atomic mass is 16.5. The van der Waals surface area contributed by atoms with Gasteiger partial charge >= 0.3 is 5.97 Å². The minimum absolute atomic E-state index is 0.105. The maximum Gasteiger partial charge on any atom is 0.338 e. The van der Waals surface area contributed by atoms with Gasteiger partial charge in [-0.3, -0.25) is 9.59 Å². The zero-order chi connectivity index (χ0) is 26.2. The van der Waals surface area contributed by atoms with E-state index >= 15 is 0 Å². The van der Waals surface area contributed by atoms with Crippen LogP contribution in [0.2, 0.25) is 0 Å². The van der Waals surface area contributed by atoms with E-state index in [1.807, 2.05) is 6.20 Å². The molecule has 36 heavy (non-hydrogen) atoms. The topological polar surface area (TPSA) is 102 Å². The van der Waals surface area contributed by atoms with Crippen LogP contribution >= 0.6 is 0 Å². The van der Waals surface area contributed by atoms with Crippen LogP contribution in [0.25, 0.3) is 5.65 Å². The Morgan fingerprint density at radius 2 is 1.64 bits per heavy atom. The van der Waals surface area contributed by atoms with E-state index in [-0.39, 0.29) is 18.2 Å². The molecule has 0 aliphatic heterocycles. The number of fused-ring (bicyclic) bond motifs is 1. The van der Waals surface area contributed by atoms with Crippen LogP contribution in [-0.2, 0) is 20.7 Å². The SMILES string of the molecule is CCCCCCCCCC(=O)N[C@@H](Cc1cn2ccc(C(=O)OC)cc2n1)C(=O)NCCCCCC. The van der Waals surface area contributed by atoms with Gasteiger partial charge in [0.05, 0.1) is 18.4 Å². The second kappa shape index (κ2) is 16.7. The van der Waals surface area contributed by atoms with Gasteiger partial charge in [-0.2, -0.15) is 0 Å². The number of methoxy groups -OCH3 is 1. The zero-order valence-corrected chi connectivity index (χ0v) is 22.3. The molecular formula is C28H44N4O4. The monoisotopic (exact) mass is 500 g/mol. The minimum Gasteiger partial charge on any atom is -0.465 e. The quantitative estimate of drug-likeness (QED) is 0.222. The number of amides is 2. The molecule has 8 nitrogen and oxygen atoms in total. The first-order valence-electron chi connectivity index (χ1n) is 13.6. The van der Waals surface area contributed by atoms with E-state index in [1.54, 1.807) is 22.7 Å². The lowest BCUT2D eigenvalue weighted by molar-refractivity contribution is -0.129. The molecule has 2 rings (SSSR count). The van der Waals surface area contributed by atoms with Crippen molar-refractivity contribution in [2.24, 2.45) is 0 Å². The second-order valence-electron chi connectivity index (χ2n) is 9.45. The summed E-state index contributed by atoms with van der Waals surface area (Å²) < 4.78 is 6.58. The summed E-state index contributed by atoms with van der Waals surface area (Å²) in [6, 6.07) is 2.62. The Kier molecular flexibility index (Phi) is 13.6. The lowest BCUT2D eigenvalue weighted by Crippen LogP contribution is -2.48. The number of hydrogen-bond donors (Lipinski definition) is 2. The zero-order valence-electron chi connectivity index (χ0n) is 22.3. The van der Waals surface area contributed by atoms with Gasteiger partial charge in [0.2, 0.25) is 11.8 Å². The van der Waals surface area contributed by atoms with E-state index in [1.165, 1.54) is 32.8 Å². The molecule has 0 bridgehead atoms. The lowest BCUT2D eigenvalue weighted by atomic mass is 10.1. The molecule has 0 aliphatic carbocycles. The summed E-state index contributed by atoms with van der Waals surface area (Å²) in [6.07, 6.45) is 16.5. The third-order valence-corrected chi connectivity index (χ3v) is 6.33. The fraction of sp³-hybridized carbons (Fsp3) is 0.643. The molecule has 8 heteroatoms. The van der Waals surface area contributed by atoms with Crippen LogP contribution in [0.5, 0.6) is 0 Å². The number of ether oxygens (including phenoxy) is 1. The highest BCUT2D eigenvalue weighted by Gasteiger charge is 2.22. The molecule has 0 saturated carbocycles. The van der Waals surface area contributed by atoms with Crippen LogP contribution in [0.3, 0.4) is 0 Å². The van der Waals surface area contributed by atoms with Crippen molar-refractivity contribution >= 4 is 23.4 Å². The predicted octanol–water partition coefficient (Wildman–Crippen LogP) is 4.99. The molecule has 200 valence electrons. The molecule has 0 spiro atoms. The number of pyridine rings is 1. The molecule has 1 atom stereocenters. The number of hydrogen-bond acceptors (Lipinski definition) is 5. The number of imidazole rings is 1. The van der Waals surface area contributed by atoms with E-state index < -0.39 is 12.0 Å². The Morgan fingerprint density at radius 1 is 0.972 bits per heavy atom. The Bertz CT molecular complexity index is 956. The molecule has 2 heterocycles. The lowest BCUT2D eigenvalue weighted by Gasteiger charge is -2.18. The maximum absolute atomic E-state index is 13.0. The normalized spacial score (nSPS) is 11.9. The van der Waals surface area contributed by atoms with Crippen molar-refractivity contribution in [2.45, 2.75) is 103 Å². The van der Waals surface area contributed by atoms with E-state index in [0.29, 0.717) is 29.9 Å². The largest absolute Gasteiger partial charge is 0.465 e. The predicted molar refractivity (Wildman–Crippen MR) is 142 cm³/mol. The number of unbranched alkanes of at least 4 members (excludes halogenated alkanes) is 9. The van der Waals surface area contributed by atoms with Gasteiger partial charge in [0.25, 0.3) is 0 Å². The highest BCUT2D eigenvalue weighted by molar-refractivity contribution is 5.90. The number of nitrogens with one attached hydrogen (secondary N) is 2. The molecule has 0 aromatic carbocycles. The number of rotatable bonds is 18. The van der Waals surface area contributed by atoms with Crippen LogP contribution in [0.1, 0.15) is 107 Å². The van der Waals surface area contributed by atoms with Crippen molar-refractivity contribution in [1.29, 1.82) is 0 Å². The van der Waals surface area contributed by atoms with Gasteiger partial charge in [0.1, 0.15) is 11.7 Å². The highest BCUT2D eigenvalue weighted by Crippen LogP contribution is 2.12. The van der Waals surface area contributed by atoms with Gasteiger partial charge < -0.3 is 19.8 Å². The number of nitrogens with zero attached hydrogens (tertiary/aromatic N) is 2. The fourth-order valence-electron chi connectivity index (χ4n) is 4.19. The van der Waals surface area contributed by atoms with Crippen molar-refractivity contribution in [2.75, 3.05) is 13.7 Å². The Labute approximate surface area is 215 Å². The molecule has 0 unspecified atom stereocenters. The summed E-state index contributed by atoms with van der Waals surface area (Å²) in [7, 11) is 1.34. The molecule has 2 amide bonds. The van der Waals surface area contributed by atoms with Gasteiger partial charge in [-0.15, -0.1) is 0 Å². The van der Waals surface area contributed by atoms with E-state index in [4.69, 9.17) is 4.74 Å². The summed E-state index contributed by atoms with van der Waals surface area (Å²) in [6.45, 7) is 4.95. The Hall–Kier alpha value is -2.90. The molecule has 0 radical (unpaired) electrons. The maximum atomic E-state index is 13.0. The smallest absolute Gasteiger partial charge is 0.338 e. The second-order valence-corrected chi connectivity index (χ2v) is 9.45. The van der Waals surface area contributed by atoms with Crippen LogP contribution < -0.4 is 10.6 Å². The van der Waals surface area contributed by atoms with Gasteiger partial charge in [0, 0.05) is 31.8 Å². The summed E-state index contributed by atoms with van der Waals surface area (Å²) in [5, 5.41) is 5.92. The third kappa shape index (κ3) is 10.4. The van der Waals surface area contributed by atoms with Crippen LogP contribution in [-0.4, -0.2) is 46.9 Å². The number of carbonyl (C=O) groups is 3. The average molecular weight is 501 g/mol. The first kappa shape index (κ1) is 29.3. The van der Waals surface area contributed by atoms with E-state index in [9.17, 15) is 14.4 Å². The fourth-order valence-corrected chi connectivity index (χ4v) is 4.19. The van der Waals surface area contributed by atoms with Crippen LogP contribution in [0.4, 0.5) is 0 Å². The van der Waals surface area contributed by atoms with Gasteiger partial charge in [0.15, 0.2) is 0 Å². The minimum atomic E-state index is -0.696. The summed E-state index contributed by atoms with van der Waals surface area (Å²) in [5.41, 5.74) is 1.66. The van der Waals surface area contributed by atoms with Crippen molar-refractivity contribution in [3.05, 3.63) is 35.8 Å². The summed E-state index contributed by atoms with van der Waals surface area (Å²) in [4.78, 5) is 42.0. The van der Waals surface area contributed by atoms with Gasteiger partial charge in [-0.1, -0.05) is 71.6 Å². The molecule has 0 saturated heterocycles. The summed E-state index contributed by atoms with van der Waals surface area (Å²) in [5.74, 6) is -0.724. The van der Waals surface area contributed by atoms with Crippen LogP contribution in [0.15, 0.2) is 24.5 Å². The van der Waals surface area contributed by atoms with Crippen molar-refractivity contribution in [3.8, 4) is 0 Å².